The zero-order valence-corrected chi connectivity index (χ0v) is 12.0. The van der Waals surface area contributed by atoms with Crippen molar-refractivity contribution in [2.24, 2.45) is 4.99 Å². The molecule has 0 radical (unpaired) electrons. The van der Waals surface area contributed by atoms with Crippen molar-refractivity contribution in [3.63, 3.8) is 0 Å². The fourth-order valence-corrected chi connectivity index (χ4v) is 2.17. The number of aliphatic imine (C=N–C) groups is 1. The van der Waals surface area contributed by atoms with E-state index in [2.05, 4.69) is 4.99 Å². The number of Topliss-reactive ketones (excluding diaryl/α,β-unsaturated/α-hetero) is 1. The van der Waals surface area contributed by atoms with E-state index in [1.807, 2.05) is 13.0 Å². The first-order valence-corrected chi connectivity index (χ1v) is 6.68. The van der Waals surface area contributed by atoms with Crippen molar-refractivity contribution in [2.75, 3.05) is 7.11 Å². The van der Waals surface area contributed by atoms with Crippen LogP contribution in [0, 0.1) is 6.92 Å². The van der Waals surface area contributed by atoms with E-state index in [0.717, 1.165) is 12.0 Å². The van der Waals surface area contributed by atoms with Gasteiger partial charge in [-0.1, -0.05) is 12.1 Å². The van der Waals surface area contributed by atoms with Gasteiger partial charge < -0.3 is 9.84 Å². The predicted octanol–water partition coefficient (Wildman–Crippen LogP) is 2.70. The molecule has 0 bridgehead atoms. The summed E-state index contributed by atoms with van der Waals surface area (Å²) in [6.45, 7) is 1.84. The van der Waals surface area contributed by atoms with Crippen molar-refractivity contribution in [2.45, 2.75) is 25.9 Å². The Bertz CT molecular complexity index is 631. The van der Waals surface area contributed by atoms with Crippen molar-refractivity contribution in [1.82, 2.24) is 0 Å². The quantitative estimate of drug-likeness (QED) is 0.864. The predicted molar refractivity (Wildman–Crippen MR) is 79.4 cm³/mol. The lowest BCUT2D eigenvalue weighted by molar-refractivity contribution is -0.125. The number of ether oxygens (including phenoxy) is 1. The third-order valence-corrected chi connectivity index (χ3v) is 3.45. The van der Waals surface area contributed by atoms with E-state index in [1.165, 1.54) is 25.5 Å². The van der Waals surface area contributed by atoms with Gasteiger partial charge in [-0.15, -0.1) is 0 Å². The van der Waals surface area contributed by atoms with Gasteiger partial charge in [0.15, 0.2) is 5.78 Å². The monoisotopic (exact) mass is 287 g/mol. The highest BCUT2D eigenvalue weighted by atomic mass is 16.5. The molecular weight excluding hydrogens is 270 g/mol. The maximum absolute atomic E-state index is 12.1. The number of hydrogen-bond donors (Lipinski definition) is 1. The normalized spacial score (nSPS) is 18.9. The number of carbonyl (C=O) groups is 2. The van der Waals surface area contributed by atoms with Crippen LogP contribution in [0.15, 0.2) is 34.8 Å². The highest BCUT2D eigenvalue weighted by Gasteiger charge is 2.23. The number of rotatable bonds is 4. The molecule has 1 atom stereocenters. The first-order valence-electron chi connectivity index (χ1n) is 6.68. The largest absolute Gasteiger partial charge is 0.478 e. The van der Waals surface area contributed by atoms with Gasteiger partial charge in [0.2, 0.25) is 0 Å². The minimum atomic E-state index is -1.00. The van der Waals surface area contributed by atoms with E-state index in [4.69, 9.17) is 9.84 Å². The van der Waals surface area contributed by atoms with Crippen molar-refractivity contribution in [3.05, 3.63) is 41.0 Å². The van der Waals surface area contributed by atoms with Crippen LogP contribution < -0.4 is 0 Å². The standard InChI is InChI=1S/C16H17NO4/c1-10-6-7-11(16(19)20)8-13(10)17-9-12-4-3-5-14(21-2)15(12)18/h4,6-9,14H,3,5H2,1-2H3,(H,19,20). The number of aromatic carboxylic acids is 1. The Morgan fingerprint density at radius 3 is 2.90 bits per heavy atom. The van der Waals surface area contributed by atoms with E-state index in [0.29, 0.717) is 17.7 Å². The molecule has 1 aromatic rings. The van der Waals surface area contributed by atoms with Crippen LogP contribution in [0.4, 0.5) is 5.69 Å². The van der Waals surface area contributed by atoms with Crippen LogP contribution >= 0.6 is 0 Å². The van der Waals surface area contributed by atoms with Gasteiger partial charge in [0, 0.05) is 18.9 Å². The van der Waals surface area contributed by atoms with E-state index < -0.39 is 12.1 Å². The van der Waals surface area contributed by atoms with Crippen molar-refractivity contribution < 1.29 is 19.4 Å². The van der Waals surface area contributed by atoms with Gasteiger partial charge in [-0.25, -0.2) is 4.79 Å². The number of hydrogen-bond acceptors (Lipinski definition) is 4. The summed E-state index contributed by atoms with van der Waals surface area (Å²) in [6, 6.07) is 4.73. The number of benzene rings is 1. The first kappa shape index (κ1) is 15.1. The van der Waals surface area contributed by atoms with Crippen LogP contribution in [0.5, 0.6) is 0 Å². The molecule has 0 aliphatic heterocycles. The topological polar surface area (TPSA) is 76.0 Å². The number of ketones is 1. The molecule has 0 heterocycles. The van der Waals surface area contributed by atoms with Gasteiger partial charge in [-0.2, -0.15) is 0 Å². The molecule has 0 saturated heterocycles. The van der Waals surface area contributed by atoms with Crippen LogP contribution in [0.25, 0.3) is 0 Å². The summed E-state index contributed by atoms with van der Waals surface area (Å²) in [4.78, 5) is 27.3. The molecule has 5 heteroatoms. The Labute approximate surface area is 123 Å². The summed E-state index contributed by atoms with van der Waals surface area (Å²) in [5, 5.41) is 8.99. The first-order chi connectivity index (χ1) is 10.0. The Morgan fingerprint density at radius 2 is 2.24 bits per heavy atom. The van der Waals surface area contributed by atoms with Gasteiger partial charge in [0.25, 0.3) is 0 Å². The number of nitrogens with zero attached hydrogens (tertiary/aromatic N) is 1. The van der Waals surface area contributed by atoms with Gasteiger partial charge in [-0.3, -0.25) is 9.79 Å². The molecule has 0 saturated carbocycles. The lowest BCUT2D eigenvalue weighted by Gasteiger charge is -2.17. The molecule has 1 N–H and O–H groups in total. The average Bonchev–Trinajstić information content (AvgIpc) is 2.47. The fraction of sp³-hybridized carbons (Fsp3) is 0.312. The number of carbonyl (C=O) groups excluding carboxylic acids is 1. The average molecular weight is 287 g/mol. The molecule has 110 valence electrons. The third kappa shape index (κ3) is 3.44. The Balaban J connectivity index is 2.25. The summed E-state index contributed by atoms with van der Waals surface area (Å²) in [5.74, 6) is -1.08. The van der Waals surface area contributed by atoms with Gasteiger partial charge in [-0.05, 0) is 37.5 Å². The molecular formula is C16H17NO4. The Hall–Kier alpha value is -2.27. The maximum Gasteiger partial charge on any atom is 0.335 e. The summed E-state index contributed by atoms with van der Waals surface area (Å²) in [6.07, 6.45) is 4.35. The zero-order chi connectivity index (χ0) is 15.4. The summed E-state index contributed by atoms with van der Waals surface area (Å²) in [7, 11) is 1.52. The van der Waals surface area contributed by atoms with Gasteiger partial charge in [0.05, 0.1) is 11.3 Å². The van der Waals surface area contributed by atoms with Crippen LogP contribution in [0.2, 0.25) is 0 Å². The van der Waals surface area contributed by atoms with E-state index in [9.17, 15) is 9.59 Å². The second kappa shape index (κ2) is 6.45. The summed E-state index contributed by atoms with van der Waals surface area (Å²) < 4.78 is 5.13. The van der Waals surface area contributed by atoms with E-state index >= 15 is 0 Å². The molecule has 1 aliphatic carbocycles. The fourth-order valence-electron chi connectivity index (χ4n) is 2.17. The number of methoxy groups -OCH3 is 1. The summed E-state index contributed by atoms with van der Waals surface area (Å²) in [5.41, 5.74) is 2.08. The Kier molecular flexibility index (Phi) is 4.65. The van der Waals surface area contributed by atoms with Crippen molar-refractivity contribution >= 4 is 23.7 Å². The molecule has 1 aromatic carbocycles. The molecule has 21 heavy (non-hydrogen) atoms. The van der Waals surface area contributed by atoms with Gasteiger partial charge >= 0.3 is 5.97 Å². The number of aryl methyl sites for hydroxylation is 1. The lowest BCUT2D eigenvalue weighted by atomic mass is 9.96. The minimum Gasteiger partial charge on any atom is -0.478 e. The van der Waals surface area contributed by atoms with Gasteiger partial charge in [0.1, 0.15) is 6.10 Å². The minimum absolute atomic E-state index is 0.0838. The summed E-state index contributed by atoms with van der Waals surface area (Å²) >= 11 is 0. The van der Waals surface area contributed by atoms with Crippen LogP contribution in [0.3, 0.4) is 0 Å². The number of carboxylic acids is 1. The molecule has 1 aliphatic rings. The molecule has 2 rings (SSSR count). The van der Waals surface area contributed by atoms with Crippen molar-refractivity contribution in [3.8, 4) is 0 Å². The lowest BCUT2D eigenvalue weighted by Crippen LogP contribution is -2.27. The second-order valence-electron chi connectivity index (χ2n) is 4.89. The SMILES string of the molecule is COC1CCC=C(C=Nc2cc(C(=O)O)ccc2C)C1=O. The van der Waals surface area contributed by atoms with Crippen LogP contribution in [-0.2, 0) is 9.53 Å². The molecule has 1 unspecified atom stereocenters. The molecule has 5 nitrogen and oxygen atoms in total. The smallest absolute Gasteiger partial charge is 0.335 e. The van der Waals surface area contributed by atoms with E-state index in [-0.39, 0.29) is 11.3 Å². The second-order valence-corrected chi connectivity index (χ2v) is 4.89. The zero-order valence-electron chi connectivity index (χ0n) is 12.0. The number of carboxylic acid groups (broad SMARTS) is 1. The molecule has 0 amide bonds. The molecule has 0 spiro atoms. The molecule has 0 aromatic heterocycles. The molecule has 0 fully saturated rings. The highest BCUT2D eigenvalue weighted by Crippen LogP contribution is 2.22. The number of allylic oxidation sites excluding steroid dienone is 1. The highest BCUT2D eigenvalue weighted by molar-refractivity contribution is 6.16. The van der Waals surface area contributed by atoms with Crippen molar-refractivity contribution in [1.29, 1.82) is 0 Å². The third-order valence-electron chi connectivity index (χ3n) is 3.45. The van der Waals surface area contributed by atoms with E-state index in [1.54, 1.807) is 6.07 Å². The maximum atomic E-state index is 12.1. The van der Waals surface area contributed by atoms with Crippen LogP contribution in [0.1, 0.15) is 28.8 Å². The Morgan fingerprint density at radius 1 is 1.48 bits per heavy atom. The van der Waals surface area contributed by atoms with Crippen LogP contribution in [-0.4, -0.2) is 36.3 Å².